The van der Waals surface area contributed by atoms with Crippen LogP contribution in [-0.4, -0.2) is 17.9 Å². The van der Waals surface area contributed by atoms with Crippen LogP contribution in [0.5, 0.6) is 0 Å². The van der Waals surface area contributed by atoms with Gasteiger partial charge in [-0.3, -0.25) is 0 Å². The van der Waals surface area contributed by atoms with E-state index < -0.39 is 6.09 Å². The lowest BCUT2D eigenvalue weighted by Crippen LogP contribution is -2.40. The van der Waals surface area contributed by atoms with E-state index in [0.29, 0.717) is 10.7 Å². The molecule has 1 fully saturated rings. The molecule has 1 aliphatic heterocycles. The number of fused-ring (bicyclic) bond motifs is 1. The Morgan fingerprint density at radius 1 is 1.21 bits per heavy atom. The maximum absolute atomic E-state index is 12.0. The Labute approximate surface area is 117 Å². The molecule has 0 N–H and O–H groups in total. The molecule has 0 saturated heterocycles. The number of hydrogen-bond acceptors (Lipinski definition) is 3. The highest BCUT2D eigenvalue weighted by atomic mass is 35.5. The van der Waals surface area contributed by atoms with Gasteiger partial charge in [0, 0.05) is 5.02 Å². The number of hydrogen-bond donors (Lipinski definition) is 0. The van der Waals surface area contributed by atoms with Gasteiger partial charge < -0.3 is 4.74 Å². The zero-order chi connectivity index (χ0) is 13.2. The molecule has 1 atom stereocenters. The van der Waals surface area contributed by atoms with E-state index >= 15 is 0 Å². The molecule has 19 heavy (non-hydrogen) atoms. The summed E-state index contributed by atoms with van der Waals surface area (Å²) in [6, 6.07) is 7.02. The molecule has 2 aliphatic rings. The zero-order valence-corrected chi connectivity index (χ0v) is 11.3. The summed E-state index contributed by atoms with van der Waals surface area (Å²) in [5.74, 6) is 0. The number of ether oxygens (including phenoxy) is 1. The van der Waals surface area contributed by atoms with Crippen molar-refractivity contribution in [3.05, 3.63) is 29.3 Å². The van der Waals surface area contributed by atoms with Crippen LogP contribution in [0.3, 0.4) is 0 Å². The summed E-state index contributed by atoms with van der Waals surface area (Å²) in [5.41, 5.74) is 1.66. The fraction of sp³-hybridized carbons (Fsp3) is 0.429. The van der Waals surface area contributed by atoms with Gasteiger partial charge in [-0.15, -0.1) is 0 Å². The Kier molecular flexibility index (Phi) is 3.42. The van der Waals surface area contributed by atoms with E-state index in [9.17, 15) is 4.79 Å². The summed E-state index contributed by atoms with van der Waals surface area (Å²) in [7, 11) is 0. The molecule has 0 aromatic heterocycles. The van der Waals surface area contributed by atoms with Gasteiger partial charge in [0.1, 0.15) is 6.10 Å². The number of carbonyl (C=O) groups is 1. The van der Waals surface area contributed by atoms with E-state index in [1.165, 1.54) is 11.4 Å². The molecule has 4 nitrogen and oxygen atoms in total. The van der Waals surface area contributed by atoms with Gasteiger partial charge in [-0.1, -0.05) is 18.0 Å². The van der Waals surface area contributed by atoms with E-state index in [0.717, 1.165) is 31.4 Å². The van der Waals surface area contributed by atoms with Gasteiger partial charge >= 0.3 is 6.09 Å². The maximum Gasteiger partial charge on any atom is 0.435 e. The predicted octanol–water partition coefficient (Wildman–Crippen LogP) is 3.99. The van der Waals surface area contributed by atoms with Crippen LogP contribution >= 0.6 is 11.6 Å². The van der Waals surface area contributed by atoms with Gasteiger partial charge in [0.15, 0.2) is 0 Å². The van der Waals surface area contributed by atoms with Crippen molar-refractivity contribution in [1.82, 2.24) is 0 Å². The monoisotopic (exact) mass is 278 g/mol. The lowest BCUT2D eigenvalue weighted by molar-refractivity contribution is 0.124. The smallest absolute Gasteiger partial charge is 0.435 e. The minimum absolute atomic E-state index is 0.126. The molecular weight excluding hydrogens is 264 g/mol. The number of benzene rings is 1. The third-order valence-corrected chi connectivity index (χ3v) is 3.74. The summed E-state index contributed by atoms with van der Waals surface area (Å²) < 4.78 is 5.49. The van der Waals surface area contributed by atoms with Crippen molar-refractivity contribution in [3.8, 4) is 0 Å². The van der Waals surface area contributed by atoms with Crippen LogP contribution < -0.4 is 5.01 Å². The number of amides is 1. The van der Waals surface area contributed by atoms with E-state index in [4.69, 9.17) is 16.3 Å². The molecular formula is C14H15ClN2O2. The Morgan fingerprint density at radius 2 is 2.00 bits per heavy atom. The van der Waals surface area contributed by atoms with E-state index in [-0.39, 0.29) is 6.10 Å². The summed E-state index contributed by atoms with van der Waals surface area (Å²) in [4.78, 5) is 12.0. The molecule has 1 aliphatic carbocycles. The first-order valence-electron chi connectivity index (χ1n) is 6.58. The Bertz CT molecular complexity index is 513. The van der Waals surface area contributed by atoms with Gasteiger partial charge in [0.25, 0.3) is 0 Å². The molecule has 0 spiro atoms. The highest BCUT2D eigenvalue weighted by molar-refractivity contribution is 6.30. The number of carbonyl (C=O) groups excluding carboxylic acids is 1. The standard InChI is InChI=1S/C14H15ClN2O2/c15-10-6-8-11(9-7-10)17-14(18)19-13-5-3-1-2-4-12(13)16-17/h6-9,13H,1-5H2/t13-/m1/s1. The molecule has 0 unspecified atom stereocenters. The van der Waals surface area contributed by atoms with Gasteiger partial charge in [-0.2, -0.15) is 10.1 Å². The van der Waals surface area contributed by atoms with E-state index in [1.807, 2.05) is 0 Å². The van der Waals surface area contributed by atoms with Crippen molar-refractivity contribution in [3.63, 3.8) is 0 Å². The normalized spacial score (nSPS) is 23.2. The van der Waals surface area contributed by atoms with Crippen LogP contribution in [0, 0.1) is 0 Å². The van der Waals surface area contributed by atoms with Gasteiger partial charge in [0.05, 0.1) is 11.4 Å². The Morgan fingerprint density at radius 3 is 2.79 bits per heavy atom. The molecule has 1 amide bonds. The summed E-state index contributed by atoms with van der Waals surface area (Å²) in [6.07, 6.45) is 4.64. The second-order valence-electron chi connectivity index (χ2n) is 4.85. The lowest BCUT2D eigenvalue weighted by Gasteiger charge is -2.28. The van der Waals surface area contributed by atoms with Crippen LogP contribution in [0.15, 0.2) is 29.4 Å². The molecule has 1 saturated carbocycles. The zero-order valence-electron chi connectivity index (χ0n) is 10.5. The van der Waals surface area contributed by atoms with E-state index in [2.05, 4.69) is 5.10 Å². The largest absolute Gasteiger partial charge is 0.438 e. The predicted molar refractivity (Wildman–Crippen MR) is 74.7 cm³/mol. The first-order chi connectivity index (χ1) is 9.24. The van der Waals surface area contributed by atoms with Gasteiger partial charge in [-0.05, 0) is 49.9 Å². The molecule has 100 valence electrons. The van der Waals surface area contributed by atoms with Crippen LogP contribution in [0.4, 0.5) is 10.5 Å². The van der Waals surface area contributed by atoms with Crippen molar-refractivity contribution in [1.29, 1.82) is 0 Å². The first-order valence-corrected chi connectivity index (χ1v) is 6.95. The average molecular weight is 279 g/mol. The highest BCUT2D eigenvalue weighted by Crippen LogP contribution is 2.27. The van der Waals surface area contributed by atoms with E-state index in [1.54, 1.807) is 24.3 Å². The fourth-order valence-corrected chi connectivity index (χ4v) is 2.59. The van der Waals surface area contributed by atoms with Crippen molar-refractivity contribution >= 4 is 29.1 Å². The number of anilines is 1. The first kappa shape index (κ1) is 12.5. The second-order valence-corrected chi connectivity index (χ2v) is 5.29. The van der Waals surface area contributed by atoms with Crippen molar-refractivity contribution in [2.75, 3.05) is 5.01 Å². The Balaban J connectivity index is 1.91. The number of rotatable bonds is 1. The third kappa shape index (κ3) is 2.59. The summed E-state index contributed by atoms with van der Waals surface area (Å²) in [5, 5.41) is 6.44. The summed E-state index contributed by atoms with van der Waals surface area (Å²) in [6.45, 7) is 0. The molecule has 1 aromatic rings. The van der Waals surface area contributed by atoms with Crippen molar-refractivity contribution < 1.29 is 9.53 Å². The SMILES string of the molecule is O=C1O[C@@H]2CCCCCC2=NN1c1ccc(Cl)cc1. The molecule has 0 radical (unpaired) electrons. The minimum Gasteiger partial charge on any atom is -0.438 e. The third-order valence-electron chi connectivity index (χ3n) is 3.49. The number of halogens is 1. The van der Waals surface area contributed by atoms with Crippen LogP contribution in [0.2, 0.25) is 5.02 Å². The van der Waals surface area contributed by atoms with Crippen molar-refractivity contribution in [2.24, 2.45) is 5.10 Å². The highest BCUT2D eigenvalue weighted by Gasteiger charge is 2.32. The minimum atomic E-state index is -0.405. The second kappa shape index (κ2) is 5.21. The Hall–Kier alpha value is -1.55. The van der Waals surface area contributed by atoms with Gasteiger partial charge in [0.2, 0.25) is 0 Å². The maximum atomic E-state index is 12.0. The van der Waals surface area contributed by atoms with Crippen molar-refractivity contribution in [2.45, 2.75) is 38.2 Å². The lowest BCUT2D eigenvalue weighted by atomic mass is 10.1. The van der Waals surface area contributed by atoms with Crippen LogP contribution in [0.1, 0.15) is 32.1 Å². The molecule has 3 rings (SSSR count). The van der Waals surface area contributed by atoms with Crippen LogP contribution in [0.25, 0.3) is 0 Å². The molecule has 0 bridgehead atoms. The number of hydrazone groups is 1. The quantitative estimate of drug-likeness (QED) is 0.779. The molecule has 5 heteroatoms. The molecule has 1 aromatic carbocycles. The molecule has 1 heterocycles. The average Bonchev–Trinajstić information content (AvgIpc) is 2.63. The van der Waals surface area contributed by atoms with Crippen LogP contribution in [-0.2, 0) is 4.74 Å². The topological polar surface area (TPSA) is 41.9 Å². The fourth-order valence-electron chi connectivity index (χ4n) is 2.47. The summed E-state index contributed by atoms with van der Waals surface area (Å²) >= 11 is 5.85. The van der Waals surface area contributed by atoms with Gasteiger partial charge in [-0.25, -0.2) is 4.79 Å². The number of nitrogens with zero attached hydrogens (tertiary/aromatic N) is 2.